The van der Waals surface area contributed by atoms with Crippen molar-refractivity contribution in [3.8, 4) is 0 Å². The zero-order valence-electron chi connectivity index (χ0n) is 9.92. The summed E-state index contributed by atoms with van der Waals surface area (Å²) in [5, 5.41) is 0. The van der Waals surface area contributed by atoms with E-state index in [1.807, 2.05) is 6.07 Å². The maximum atomic E-state index is 13.1. The Labute approximate surface area is 110 Å². The first-order chi connectivity index (χ1) is 8.24. The van der Waals surface area contributed by atoms with Crippen LogP contribution in [0.1, 0.15) is 37.7 Å². The lowest BCUT2D eigenvalue weighted by molar-refractivity contribution is 0.0737. The van der Waals surface area contributed by atoms with Crippen molar-refractivity contribution >= 4 is 15.9 Å². The molecule has 1 saturated carbocycles. The Bertz CT molecular complexity index is 341. The molecule has 1 aromatic carbocycles. The van der Waals surface area contributed by atoms with Crippen LogP contribution in [0.15, 0.2) is 22.7 Å². The van der Waals surface area contributed by atoms with Gasteiger partial charge in [0.2, 0.25) is 0 Å². The van der Waals surface area contributed by atoms with Gasteiger partial charge in [-0.2, -0.15) is 0 Å². The topological polar surface area (TPSA) is 9.23 Å². The summed E-state index contributed by atoms with van der Waals surface area (Å²) in [6.45, 7) is 1.32. The van der Waals surface area contributed by atoms with Crippen LogP contribution in [-0.2, 0) is 11.3 Å². The smallest absolute Gasteiger partial charge is 0.124 e. The van der Waals surface area contributed by atoms with Gasteiger partial charge in [-0.3, -0.25) is 0 Å². The highest BCUT2D eigenvalue weighted by Crippen LogP contribution is 2.24. The molecule has 2 rings (SSSR count). The lowest BCUT2D eigenvalue weighted by Crippen LogP contribution is -2.13. The van der Waals surface area contributed by atoms with E-state index in [2.05, 4.69) is 15.9 Å². The molecule has 0 aliphatic heterocycles. The van der Waals surface area contributed by atoms with Crippen LogP contribution in [0.3, 0.4) is 0 Å². The summed E-state index contributed by atoms with van der Waals surface area (Å²) in [5.41, 5.74) is 0.896. The monoisotopic (exact) mass is 300 g/mol. The molecular weight excluding hydrogens is 283 g/mol. The molecule has 1 aromatic rings. The van der Waals surface area contributed by atoms with Gasteiger partial charge < -0.3 is 4.74 Å². The van der Waals surface area contributed by atoms with Crippen molar-refractivity contribution in [3.05, 3.63) is 34.1 Å². The third-order valence-corrected chi connectivity index (χ3v) is 3.73. The largest absolute Gasteiger partial charge is 0.376 e. The van der Waals surface area contributed by atoms with Gasteiger partial charge in [-0.1, -0.05) is 35.2 Å². The molecule has 0 N–H and O–H groups in total. The second-order valence-corrected chi connectivity index (χ2v) is 5.71. The second-order valence-electron chi connectivity index (χ2n) is 4.80. The van der Waals surface area contributed by atoms with Crippen LogP contribution in [0.25, 0.3) is 0 Å². The van der Waals surface area contributed by atoms with E-state index in [1.165, 1.54) is 44.2 Å². The highest BCUT2D eigenvalue weighted by molar-refractivity contribution is 9.10. The first-order valence-corrected chi connectivity index (χ1v) is 7.06. The molecular formula is C14H18BrFO. The molecule has 1 aliphatic rings. The fraction of sp³-hybridized carbons (Fsp3) is 0.571. The molecule has 0 atom stereocenters. The van der Waals surface area contributed by atoms with Crippen molar-refractivity contribution < 1.29 is 9.13 Å². The van der Waals surface area contributed by atoms with Crippen molar-refractivity contribution in [1.82, 2.24) is 0 Å². The molecule has 1 fully saturated rings. The second kappa shape index (κ2) is 6.50. The van der Waals surface area contributed by atoms with E-state index in [0.717, 1.165) is 16.6 Å². The van der Waals surface area contributed by atoms with Crippen LogP contribution >= 0.6 is 15.9 Å². The number of hydrogen-bond acceptors (Lipinski definition) is 1. The van der Waals surface area contributed by atoms with Gasteiger partial charge in [0, 0.05) is 11.1 Å². The molecule has 3 heteroatoms. The SMILES string of the molecule is Fc1cc(Br)cc(COCC2CCCCC2)c1. The van der Waals surface area contributed by atoms with E-state index in [1.54, 1.807) is 0 Å². The van der Waals surface area contributed by atoms with E-state index < -0.39 is 0 Å². The molecule has 0 heterocycles. The standard InChI is InChI=1S/C14H18BrFO/c15-13-6-12(7-14(16)8-13)10-17-9-11-4-2-1-3-5-11/h6-8,11H,1-5,9-10H2. The molecule has 1 nitrogen and oxygen atoms in total. The Morgan fingerprint density at radius 1 is 1.18 bits per heavy atom. The minimum atomic E-state index is -0.212. The van der Waals surface area contributed by atoms with Gasteiger partial charge in [-0.05, 0) is 42.5 Å². The number of ether oxygens (including phenoxy) is 1. The molecule has 0 saturated heterocycles. The third-order valence-electron chi connectivity index (χ3n) is 3.27. The number of hydrogen-bond donors (Lipinski definition) is 0. The van der Waals surface area contributed by atoms with Gasteiger partial charge in [0.15, 0.2) is 0 Å². The molecule has 94 valence electrons. The minimum Gasteiger partial charge on any atom is -0.376 e. The molecule has 1 aliphatic carbocycles. The van der Waals surface area contributed by atoms with Crippen molar-refractivity contribution in [2.24, 2.45) is 5.92 Å². The van der Waals surface area contributed by atoms with Crippen molar-refractivity contribution in [2.45, 2.75) is 38.7 Å². The van der Waals surface area contributed by atoms with Gasteiger partial charge in [0.1, 0.15) is 5.82 Å². The van der Waals surface area contributed by atoms with Crippen LogP contribution in [0.5, 0.6) is 0 Å². The van der Waals surface area contributed by atoms with Gasteiger partial charge in [0.25, 0.3) is 0 Å². The summed E-state index contributed by atoms with van der Waals surface area (Å²) < 4.78 is 19.6. The summed E-state index contributed by atoms with van der Waals surface area (Å²) in [7, 11) is 0. The van der Waals surface area contributed by atoms with Crippen molar-refractivity contribution in [2.75, 3.05) is 6.61 Å². The van der Waals surface area contributed by atoms with Crippen LogP contribution in [0, 0.1) is 11.7 Å². The highest BCUT2D eigenvalue weighted by Gasteiger charge is 2.13. The molecule has 0 amide bonds. The average molecular weight is 301 g/mol. The number of halogens is 2. The predicted octanol–water partition coefficient (Wildman–Crippen LogP) is 4.69. The number of benzene rings is 1. The van der Waals surface area contributed by atoms with Crippen LogP contribution in [-0.4, -0.2) is 6.61 Å². The highest BCUT2D eigenvalue weighted by atomic mass is 79.9. The Morgan fingerprint density at radius 3 is 2.65 bits per heavy atom. The van der Waals surface area contributed by atoms with Gasteiger partial charge in [-0.25, -0.2) is 4.39 Å². The predicted molar refractivity (Wildman–Crippen MR) is 70.3 cm³/mol. The average Bonchev–Trinajstić information content (AvgIpc) is 2.29. The quantitative estimate of drug-likeness (QED) is 0.784. The number of rotatable bonds is 4. The molecule has 0 bridgehead atoms. The summed E-state index contributed by atoms with van der Waals surface area (Å²) in [5.74, 6) is 0.497. The van der Waals surface area contributed by atoms with Crippen LogP contribution < -0.4 is 0 Å². The molecule has 0 unspecified atom stereocenters. The maximum absolute atomic E-state index is 13.1. The fourth-order valence-electron chi connectivity index (χ4n) is 2.39. The molecule has 0 radical (unpaired) electrons. The van der Waals surface area contributed by atoms with E-state index in [-0.39, 0.29) is 5.82 Å². The Kier molecular flexibility index (Phi) is 4.99. The minimum absolute atomic E-state index is 0.212. The van der Waals surface area contributed by atoms with Crippen molar-refractivity contribution in [1.29, 1.82) is 0 Å². The van der Waals surface area contributed by atoms with Crippen LogP contribution in [0.2, 0.25) is 0 Å². The van der Waals surface area contributed by atoms with E-state index in [9.17, 15) is 4.39 Å². The Balaban J connectivity index is 1.77. The van der Waals surface area contributed by atoms with Crippen molar-refractivity contribution in [3.63, 3.8) is 0 Å². The Hall–Kier alpha value is -0.410. The maximum Gasteiger partial charge on any atom is 0.124 e. The van der Waals surface area contributed by atoms with E-state index in [4.69, 9.17) is 4.74 Å². The lowest BCUT2D eigenvalue weighted by atomic mass is 9.90. The molecule has 17 heavy (non-hydrogen) atoms. The van der Waals surface area contributed by atoms with E-state index >= 15 is 0 Å². The van der Waals surface area contributed by atoms with Gasteiger partial charge in [0.05, 0.1) is 6.61 Å². The summed E-state index contributed by atoms with van der Waals surface area (Å²) in [4.78, 5) is 0. The Morgan fingerprint density at radius 2 is 1.94 bits per heavy atom. The zero-order valence-corrected chi connectivity index (χ0v) is 11.5. The van der Waals surface area contributed by atoms with E-state index in [0.29, 0.717) is 12.5 Å². The first kappa shape index (κ1) is 13.0. The first-order valence-electron chi connectivity index (χ1n) is 6.27. The summed E-state index contributed by atoms with van der Waals surface area (Å²) in [6.07, 6.45) is 6.60. The fourth-order valence-corrected chi connectivity index (χ4v) is 2.90. The van der Waals surface area contributed by atoms with Gasteiger partial charge >= 0.3 is 0 Å². The normalized spacial score (nSPS) is 17.3. The van der Waals surface area contributed by atoms with Crippen LogP contribution in [0.4, 0.5) is 4.39 Å². The lowest BCUT2D eigenvalue weighted by Gasteiger charge is -2.21. The zero-order chi connectivity index (χ0) is 12.1. The third kappa shape index (κ3) is 4.40. The molecule has 0 spiro atoms. The summed E-state index contributed by atoms with van der Waals surface area (Å²) >= 11 is 3.29. The van der Waals surface area contributed by atoms with Gasteiger partial charge in [-0.15, -0.1) is 0 Å². The summed E-state index contributed by atoms with van der Waals surface area (Å²) in [6, 6.07) is 4.90. The molecule has 0 aromatic heterocycles.